The van der Waals surface area contributed by atoms with Gasteiger partial charge >= 0.3 is 41.8 Å². The Labute approximate surface area is 192 Å². The summed E-state index contributed by atoms with van der Waals surface area (Å²) in [5, 5.41) is 0. The van der Waals surface area contributed by atoms with Gasteiger partial charge in [0.15, 0.2) is 0 Å². The van der Waals surface area contributed by atoms with Gasteiger partial charge in [-0.25, -0.2) is 4.79 Å². The average molecular weight is 544 g/mol. The molecule has 0 atom stereocenters. The molecule has 0 fully saturated rings. The van der Waals surface area contributed by atoms with Crippen molar-refractivity contribution in [3.05, 3.63) is 11.6 Å². The zero-order valence-corrected chi connectivity index (χ0v) is 18.7. The number of carbonyl (C=O) groups excluding carboxylic acids is 1. The van der Waals surface area contributed by atoms with E-state index in [1.807, 2.05) is 6.92 Å². The first-order chi connectivity index (χ1) is 15.6. The lowest BCUT2D eigenvalue weighted by molar-refractivity contribution is -0.440. The predicted octanol–water partition coefficient (Wildman–Crippen LogP) is 8.36. The maximum atomic E-state index is 13.6. The Morgan fingerprint density at radius 1 is 0.686 bits per heavy atom. The highest BCUT2D eigenvalue weighted by atomic mass is 19.4. The van der Waals surface area contributed by atoms with Crippen LogP contribution in [0.4, 0.5) is 57.1 Å². The molecule has 0 aliphatic rings. The number of alkyl halides is 13. The zero-order chi connectivity index (χ0) is 27.9. The smallest absolute Gasteiger partial charge is 0.460 e. The van der Waals surface area contributed by atoms with Crippen molar-refractivity contribution in [1.29, 1.82) is 0 Å². The van der Waals surface area contributed by atoms with Crippen molar-refractivity contribution < 1.29 is 66.6 Å². The standard InChI is InChI=1S/C20H25F13O2/c1-3-4-5-6-7-8-9-10-13(2)14(34)35-12-11-15(21,22)16(23,24)17(25,26)18(27,28)19(29,30)20(31,32)33/h10H,3-9,11-12H2,1-2H3. The third-order valence-corrected chi connectivity index (χ3v) is 4.98. The summed E-state index contributed by atoms with van der Waals surface area (Å²) in [4.78, 5) is 11.7. The third-order valence-electron chi connectivity index (χ3n) is 4.98. The van der Waals surface area contributed by atoms with Crippen LogP contribution >= 0.6 is 0 Å². The minimum absolute atomic E-state index is 0.171. The van der Waals surface area contributed by atoms with Gasteiger partial charge in [-0.3, -0.25) is 0 Å². The lowest BCUT2D eigenvalue weighted by Crippen LogP contribution is -2.70. The monoisotopic (exact) mass is 544 g/mol. The molecule has 0 N–H and O–H groups in total. The van der Waals surface area contributed by atoms with Crippen molar-refractivity contribution in [1.82, 2.24) is 0 Å². The number of ether oxygens (including phenoxy) is 1. The topological polar surface area (TPSA) is 26.3 Å². The predicted molar refractivity (Wildman–Crippen MR) is 98.1 cm³/mol. The molecule has 15 heteroatoms. The Bertz CT molecular complexity index is 712. The van der Waals surface area contributed by atoms with Gasteiger partial charge in [0.1, 0.15) is 0 Å². The summed E-state index contributed by atoms with van der Waals surface area (Å²) in [7, 11) is 0. The molecule has 35 heavy (non-hydrogen) atoms. The molecule has 0 amide bonds. The SMILES string of the molecule is CCCCCCCCC=C(C)C(=O)OCCC(F)(F)C(F)(F)C(F)(F)C(F)(F)C(F)(F)C(F)(F)F. The Hall–Kier alpha value is -1.70. The molecular weight excluding hydrogens is 519 g/mol. The Balaban J connectivity index is 5.18. The molecular formula is C20H25F13O2. The van der Waals surface area contributed by atoms with E-state index in [0.29, 0.717) is 12.8 Å². The van der Waals surface area contributed by atoms with E-state index in [2.05, 4.69) is 4.74 Å². The van der Waals surface area contributed by atoms with E-state index < -0.39 is 54.8 Å². The normalized spacial score (nSPS) is 14.9. The van der Waals surface area contributed by atoms with Crippen LogP contribution < -0.4 is 0 Å². The first kappa shape index (κ1) is 33.3. The molecule has 0 aromatic heterocycles. The molecule has 0 aromatic carbocycles. The van der Waals surface area contributed by atoms with Crippen LogP contribution in [0.15, 0.2) is 11.6 Å². The highest BCUT2D eigenvalue weighted by Crippen LogP contribution is 2.60. The van der Waals surface area contributed by atoms with Crippen LogP contribution in [0.2, 0.25) is 0 Å². The second-order valence-electron chi connectivity index (χ2n) is 7.83. The molecule has 208 valence electrons. The molecule has 0 aliphatic heterocycles. The third kappa shape index (κ3) is 7.40. The second-order valence-corrected chi connectivity index (χ2v) is 7.83. The number of hydrogen-bond donors (Lipinski definition) is 0. The van der Waals surface area contributed by atoms with Crippen molar-refractivity contribution in [3.63, 3.8) is 0 Å². The highest BCUT2D eigenvalue weighted by molar-refractivity contribution is 5.87. The molecule has 0 heterocycles. The summed E-state index contributed by atoms with van der Waals surface area (Å²) in [5.74, 6) is -38.5. The lowest BCUT2D eigenvalue weighted by atomic mass is 9.93. The van der Waals surface area contributed by atoms with Crippen LogP contribution in [0.5, 0.6) is 0 Å². The van der Waals surface area contributed by atoms with Crippen LogP contribution in [0.1, 0.15) is 65.2 Å². The molecule has 0 saturated carbocycles. The van der Waals surface area contributed by atoms with E-state index in [9.17, 15) is 61.9 Å². The van der Waals surface area contributed by atoms with Crippen LogP contribution in [-0.4, -0.2) is 48.4 Å². The van der Waals surface area contributed by atoms with Gasteiger partial charge in [-0.1, -0.05) is 45.1 Å². The molecule has 0 radical (unpaired) electrons. The maximum absolute atomic E-state index is 13.6. The lowest BCUT2D eigenvalue weighted by Gasteiger charge is -2.39. The summed E-state index contributed by atoms with van der Waals surface area (Å²) in [6.07, 6.45) is -2.91. The van der Waals surface area contributed by atoms with E-state index >= 15 is 0 Å². The number of allylic oxidation sites excluding steroid dienone is 1. The highest BCUT2D eigenvalue weighted by Gasteiger charge is 2.90. The van der Waals surface area contributed by atoms with Crippen molar-refractivity contribution >= 4 is 5.97 Å². The van der Waals surface area contributed by atoms with Crippen molar-refractivity contribution in [3.8, 4) is 0 Å². The summed E-state index contributed by atoms with van der Waals surface area (Å²) < 4.78 is 173. The fourth-order valence-corrected chi connectivity index (χ4v) is 2.67. The molecule has 0 unspecified atom stereocenters. The Morgan fingerprint density at radius 3 is 1.63 bits per heavy atom. The van der Waals surface area contributed by atoms with Gasteiger partial charge in [0.25, 0.3) is 0 Å². The van der Waals surface area contributed by atoms with Gasteiger partial charge < -0.3 is 4.74 Å². The summed E-state index contributed by atoms with van der Waals surface area (Å²) in [5.41, 5.74) is -0.171. The minimum Gasteiger partial charge on any atom is -0.462 e. The number of unbranched alkanes of at least 4 members (excludes halogenated alkanes) is 6. The maximum Gasteiger partial charge on any atom is 0.460 e. The minimum atomic E-state index is -7.95. The van der Waals surface area contributed by atoms with Crippen molar-refractivity contribution in [2.45, 2.75) is 101 Å². The van der Waals surface area contributed by atoms with Crippen LogP contribution in [0, 0.1) is 0 Å². The first-order valence-corrected chi connectivity index (χ1v) is 10.4. The van der Waals surface area contributed by atoms with E-state index in [4.69, 9.17) is 0 Å². The van der Waals surface area contributed by atoms with Gasteiger partial charge in [0.05, 0.1) is 13.0 Å². The van der Waals surface area contributed by atoms with Gasteiger partial charge in [0, 0.05) is 5.57 Å². The molecule has 0 rings (SSSR count). The molecule has 0 aromatic rings. The summed E-state index contributed by atoms with van der Waals surface area (Å²) in [6.45, 7) is 1.42. The van der Waals surface area contributed by atoms with Gasteiger partial charge in [-0.15, -0.1) is 0 Å². The molecule has 0 aliphatic carbocycles. The molecule has 0 saturated heterocycles. The summed E-state index contributed by atoms with van der Waals surface area (Å²) in [6, 6.07) is 0. The number of halogens is 13. The molecule has 0 bridgehead atoms. The fraction of sp³-hybridized carbons (Fsp3) is 0.850. The second kappa shape index (κ2) is 12.0. The Kier molecular flexibility index (Phi) is 11.4. The quantitative estimate of drug-likeness (QED) is 0.0897. The van der Waals surface area contributed by atoms with E-state index in [-0.39, 0.29) is 5.57 Å². The van der Waals surface area contributed by atoms with Gasteiger partial charge in [0.2, 0.25) is 0 Å². The Morgan fingerprint density at radius 2 is 1.14 bits per heavy atom. The summed E-state index contributed by atoms with van der Waals surface area (Å²) >= 11 is 0. The zero-order valence-electron chi connectivity index (χ0n) is 18.7. The first-order valence-electron chi connectivity index (χ1n) is 10.4. The van der Waals surface area contributed by atoms with Gasteiger partial charge in [-0.2, -0.15) is 57.1 Å². The largest absolute Gasteiger partial charge is 0.462 e. The van der Waals surface area contributed by atoms with Crippen LogP contribution in [0.3, 0.4) is 0 Å². The molecule has 0 spiro atoms. The number of carbonyl (C=O) groups is 1. The van der Waals surface area contributed by atoms with Crippen LogP contribution in [-0.2, 0) is 9.53 Å². The van der Waals surface area contributed by atoms with Gasteiger partial charge in [-0.05, 0) is 19.8 Å². The molecule has 2 nitrogen and oxygen atoms in total. The van der Waals surface area contributed by atoms with E-state index in [1.165, 1.54) is 6.08 Å². The van der Waals surface area contributed by atoms with Crippen molar-refractivity contribution in [2.24, 2.45) is 0 Å². The number of rotatable bonds is 15. The fourth-order valence-electron chi connectivity index (χ4n) is 2.67. The number of hydrogen-bond acceptors (Lipinski definition) is 2. The van der Waals surface area contributed by atoms with Crippen LogP contribution in [0.25, 0.3) is 0 Å². The van der Waals surface area contributed by atoms with E-state index in [1.54, 1.807) is 0 Å². The van der Waals surface area contributed by atoms with E-state index in [0.717, 1.165) is 39.0 Å². The average Bonchev–Trinajstić information content (AvgIpc) is 2.71. The van der Waals surface area contributed by atoms with Crippen molar-refractivity contribution in [2.75, 3.05) is 6.61 Å². The number of esters is 1.